The summed E-state index contributed by atoms with van der Waals surface area (Å²) in [5, 5.41) is 0. The van der Waals surface area contributed by atoms with Gasteiger partial charge in [-0.05, 0) is 24.5 Å². The Morgan fingerprint density at radius 2 is 2.11 bits per heavy atom. The van der Waals surface area contributed by atoms with E-state index in [4.69, 9.17) is 5.73 Å². The number of aromatic nitrogens is 2. The van der Waals surface area contributed by atoms with Crippen molar-refractivity contribution in [1.82, 2.24) is 9.55 Å². The van der Waals surface area contributed by atoms with Crippen LogP contribution >= 0.6 is 0 Å². The van der Waals surface area contributed by atoms with Gasteiger partial charge in [0, 0.05) is 19.0 Å². The lowest BCUT2D eigenvalue weighted by molar-refractivity contribution is 0.471. The molecular weight excluding hydrogens is 241 g/mol. The minimum Gasteiger partial charge on any atom is -0.328 e. The molecule has 2 aromatic rings. The van der Waals surface area contributed by atoms with Crippen molar-refractivity contribution < 1.29 is 4.39 Å². The van der Waals surface area contributed by atoms with Crippen LogP contribution in [-0.2, 0) is 13.0 Å². The molecule has 0 aliphatic rings. The van der Waals surface area contributed by atoms with Gasteiger partial charge in [0.25, 0.3) is 0 Å². The van der Waals surface area contributed by atoms with Gasteiger partial charge in [-0.3, -0.25) is 0 Å². The Labute approximate surface area is 113 Å². The third-order valence-electron chi connectivity index (χ3n) is 3.53. The number of para-hydroxylation sites is 1. The van der Waals surface area contributed by atoms with E-state index in [1.165, 1.54) is 6.07 Å². The first kappa shape index (κ1) is 14.0. The molecule has 0 radical (unpaired) electrons. The summed E-state index contributed by atoms with van der Waals surface area (Å²) >= 11 is 0. The van der Waals surface area contributed by atoms with Crippen LogP contribution in [-0.4, -0.2) is 15.6 Å². The first-order chi connectivity index (χ1) is 9.04. The van der Waals surface area contributed by atoms with Crippen LogP contribution in [0, 0.1) is 11.7 Å². The molecule has 0 aliphatic heterocycles. The first-order valence-corrected chi connectivity index (χ1v) is 6.93. The molecule has 19 heavy (non-hydrogen) atoms. The molecule has 2 N–H and O–H groups in total. The molecule has 0 bridgehead atoms. The molecule has 1 aromatic carbocycles. The number of hydrogen-bond donors (Lipinski definition) is 1. The van der Waals surface area contributed by atoms with Gasteiger partial charge in [-0.15, -0.1) is 0 Å². The normalized spacial score (nSPS) is 13.4. The van der Waals surface area contributed by atoms with E-state index in [2.05, 4.69) is 30.3 Å². The predicted molar refractivity (Wildman–Crippen MR) is 76.5 cm³/mol. The molecule has 0 spiro atoms. The summed E-state index contributed by atoms with van der Waals surface area (Å²) < 4.78 is 15.9. The van der Waals surface area contributed by atoms with Crippen molar-refractivity contribution in [3.8, 4) is 0 Å². The maximum atomic E-state index is 13.8. The molecule has 104 valence electrons. The highest BCUT2D eigenvalue weighted by molar-refractivity contribution is 5.76. The second-order valence-corrected chi connectivity index (χ2v) is 5.40. The minimum atomic E-state index is -0.258. The number of nitrogens with zero attached hydrogens (tertiary/aromatic N) is 2. The Morgan fingerprint density at radius 3 is 2.74 bits per heavy atom. The molecule has 0 aliphatic carbocycles. The summed E-state index contributed by atoms with van der Waals surface area (Å²) in [5.41, 5.74) is 7.45. The zero-order valence-corrected chi connectivity index (χ0v) is 11.9. The second-order valence-electron chi connectivity index (χ2n) is 5.40. The van der Waals surface area contributed by atoms with Crippen LogP contribution in [0.25, 0.3) is 11.0 Å². The zero-order valence-electron chi connectivity index (χ0n) is 11.9. The Balaban J connectivity index is 2.47. The van der Waals surface area contributed by atoms with Crippen LogP contribution in [0.1, 0.15) is 33.0 Å². The van der Waals surface area contributed by atoms with Crippen LogP contribution in [0.5, 0.6) is 0 Å². The van der Waals surface area contributed by atoms with Crippen molar-refractivity contribution in [2.24, 2.45) is 11.7 Å². The maximum Gasteiger partial charge on any atom is 0.151 e. The van der Waals surface area contributed by atoms with Gasteiger partial charge in [-0.25, -0.2) is 9.37 Å². The minimum absolute atomic E-state index is 0.0514. The summed E-state index contributed by atoms with van der Waals surface area (Å²) in [5.74, 6) is 1.02. The topological polar surface area (TPSA) is 43.8 Å². The summed E-state index contributed by atoms with van der Waals surface area (Å²) in [4.78, 5) is 4.46. The van der Waals surface area contributed by atoms with Gasteiger partial charge in [0.2, 0.25) is 0 Å². The van der Waals surface area contributed by atoms with Crippen LogP contribution in [0.2, 0.25) is 0 Å². The van der Waals surface area contributed by atoms with Gasteiger partial charge in [0.05, 0.1) is 5.52 Å². The second kappa shape index (κ2) is 5.70. The number of rotatable bonds is 5. The van der Waals surface area contributed by atoms with E-state index in [1.807, 2.05) is 6.07 Å². The molecule has 0 saturated carbocycles. The molecule has 1 heterocycles. The average Bonchev–Trinajstić information content (AvgIpc) is 2.70. The van der Waals surface area contributed by atoms with Gasteiger partial charge < -0.3 is 10.3 Å². The lowest BCUT2D eigenvalue weighted by Crippen LogP contribution is -2.30. The number of halogens is 1. The number of benzene rings is 1. The maximum absolute atomic E-state index is 13.8. The molecule has 1 aromatic heterocycles. The Kier molecular flexibility index (Phi) is 4.20. The van der Waals surface area contributed by atoms with Crippen LogP contribution in [0.3, 0.4) is 0 Å². The Morgan fingerprint density at radius 1 is 1.37 bits per heavy atom. The third kappa shape index (κ3) is 2.78. The third-order valence-corrected chi connectivity index (χ3v) is 3.53. The van der Waals surface area contributed by atoms with Crippen LogP contribution in [0.4, 0.5) is 4.39 Å². The van der Waals surface area contributed by atoms with Gasteiger partial charge in [-0.2, -0.15) is 0 Å². The smallest absolute Gasteiger partial charge is 0.151 e. The molecule has 0 fully saturated rings. The number of nitrogens with two attached hydrogens (primary N) is 1. The van der Waals surface area contributed by atoms with E-state index >= 15 is 0 Å². The molecule has 4 heteroatoms. The summed E-state index contributed by atoms with van der Waals surface area (Å²) in [6.45, 7) is 7.15. The van der Waals surface area contributed by atoms with Gasteiger partial charge >= 0.3 is 0 Å². The monoisotopic (exact) mass is 263 g/mol. The number of imidazole rings is 1. The molecule has 2 rings (SSSR count). The Hall–Kier alpha value is -1.42. The SMILES string of the molecule is CCCn1c(CC(N)C(C)C)nc2c(F)cccc21. The van der Waals surface area contributed by atoms with Crippen molar-refractivity contribution in [3.05, 3.63) is 29.8 Å². The molecule has 1 atom stereocenters. The lowest BCUT2D eigenvalue weighted by Gasteiger charge is -2.16. The fourth-order valence-corrected chi connectivity index (χ4v) is 2.24. The largest absolute Gasteiger partial charge is 0.328 e. The highest BCUT2D eigenvalue weighted by atomic mass is 19.1. The van der Waals surface area contributed by atoms with Crippen molar-refractivity contribution in [1.29, 1.82) is 0 Å². The van der Waals surface area contributed by atoms with E-state index in [0.29, 0.717) is 17.9 Å². The lowest BCUT2D eigenvalue weighted by atomic mass is 10.0. The van der Waals surface area contributed by atoms with E-state index in [1.54, 1.807) is 6.07 Å². The summed E-state index contributed by atoms with van der Waals surface area (Å²) in [6, 6.07) is 5.16. The fraction of sp³-hybridized carbons (Fsp3) is 0.533. The predicted octanol–water partition coefficient (Wildman–Crippen LogP) is 3.11. The quantitative estimate of drug-likeness (QED) is 0.900. The number of hydrogen-bond acceptors (Lipinski definition) is 2. The number of fused-ring (bicyclic) bond motifs is 1. The standard InChI is InChI=1S/C15H22FN3/c1-4-8-19-13-7-5-6-11(16)15(13)18-14(19)9-12(17)10(2)3/h5-7,10,12H,4,8-9,17H2,1-3H3. The summed E-state index contributed by atoms with van der Waals surface area (Å²) in [6.07, 6.45) is 1.68. The average molecular weight is 263 g/mol. The van der Waals surface area contributed by atoms with Crippen molar-refractivity contribution >= 4 is 11.0 Å². The van der Waals surface area contributed by atoms with Gasteiger partial charge in [-0.1, -0.05) is 26.8 Å². The van der Waals surface area contributed by atoms with Crippen molar-refractivity contribution in [2.45, 2.75) is 46.2 Å². The van der Waals surface area contributed by atoms with Gasteiger partial charge in [0.15, 0.2) is 5.82 Å². The number of aryl methyl sites for hydroxylation is 1. The van der Waals surface area contributed by atoms with E-state index in [0.717, 1.165) is 24.3 Å². The van der Waals surface area contributed by atoms with E-state index in [-0.39, 0.29) is 11.9 Å². The van der Waals surface area contributed by atoms with Crippen LogP contribution in [0.15, 0.2) is 18.2 Å². The van der Waals surface area contributed by atoms with E-state index < -0.39 is 0 Å². The van der Waals surface area contributed by atoms with Crippen LogP contribution < -0.4 is 5.73 Å². The van der Waals surface area contributed by atoms with Crippen molar-refractivity contribution in [3.63, 3.8) is 0 Å². The highest BCUT2D eigenvalue weighted by Gasteiger charge is 2.17. The van der Waals surface area contributed by atoms with E-state index in [9.17, 15) is 4.39 Å². The Bertz CT molecular complexity index is 560. The molecule has 0 saturated heterocycles. The van der Waals surface area contributed by atoms with Gasteiger partial charge in [0.1, 0.15) is 11.3 Å². The molecule has 1 unspecified atom stereocenters. The molecular formula is C15H22FN3. The molecule has 3 nitrogen and oxygen atoms in total. The summed E-state index contributed by atoms with van der Waals surface area (Å²) in [7, 11) is 0. The van der Waals surface area contributed by atoms with Crippen molar-refractivity contribution in [2.75, 3.05) is 0 Å². The highest BCUT2D eigenvalue weighted by Crippen LogP contribution is 2.21. The molecule has 0 amide bonds. The first-order valence-electron chi connectivity index (χ1n) is 6.93. The fourth-order valence-electron chi connectivity index (χ4n) is 2.24. The zero-order chi connectivity index (χ0) is 14.0.